The van der Waals surface area contributed by atoms with Gasteiger partial charge in [-0.2, -0.15) is 5.26 Å². The predicted octanol–water partition coefficient (Wildman–Crippen LogP) is 4.28. The van der Waals surface area contributed by atoms with Crippen molar-refractivity contribution in [3.05, 3.63) is 70.0 Å². The van der Waals surface area contributed by atoms with E-state index in [1.54, 1.807) is 43.3 Å². The number of ketones is 1. The first-order valence-corrected chi connectivity index (χ1v) is 6.37. The van der Waals surface area contributed by atoms with Crippen LogP contribution < -0.4 is 0 Å². The predicted molar refractivity (Wildman–Crippen MR) is 75.3 cm³/mol. The van der Waals surface area contributed by atoms with Crippen molar-refractivity contribution in [1.29, 1.82) is 5.26 Å². The van der Waals surface area contributed by atoms with Gasteiger partial charge in [0.1, 0.15) is 11.7 Å². The zero-order valence-corrected chi connectivity index (χ0v) is 11.5. The summed E-state index contributed by atoms with van der Waals surface area (Å²) < 4.78 is 14.0. The highest BCUT2D eigenvalue weighted by Crippen LogP contribution is 2.24. The lowest BCUT2D eigenvalue weighted by Gasteiger charge is -2.10. The molecule has 4 heteroatoms. The van der Waals surface area contributed by atoms with Crippen LogP contribution in [0.1, 0.15) is 27.4 Å². The highest BCUT2D eigenvalue weighted by atomic mass is 35.5. The molecule has 0 heterocycles. The zero-order valence-electron chi connectivity index (χ0n) is 10.7. The maximum absolute atomic E-state index is 14.0. The fourth-order valence-corrected chi connectivity index (χ4v) is 2.06. The summed E-state index contributed by atoms with van der Waals surface area (Å²) >= 11 is 5.77. The number of nitriles is 1. The van der Waals surface area contributed by atoms with Gasteiger partial charge in [0.25, 0.3) is 0 Å². The van der Waals surface area contributed by atoms with Crippen molar-refractivity contribution in [2.45, 2.75) is 12.8 Å². The summed E-state index contributed by atoms with van der Waals surface area (Å²) in [5.41, 5.74) is 0.818. The fourth-order valence-electron chi connectivity index (χ4n) is 1.93. The Morgan fingerprint density at radius 3 is 2.50 bits per heavy atom. The molecule has 2 aromatic rings. The standard InChI is InChI=1S/C16H11ClFNO/c1-10-3-2-4-13(15(10)18)16(20)14(9-19)11-5-7-12(17)8-6-11/h2-8,14H,1H3. The Hall–Kier alpha value is -2.18. The summed E-state index contributed by atoms with van der Waals surface area (Å²) in [6, 6.07) is 12.9. The molecule has 0 N–H and O–H groups in total. The van der Waals surface area contributed by atoms with Gasteiger partial charge in [-0.25, -0.2) is 4.39 Å². The van der Waals surface area contributed by atoms with Crippen LogP contribution in [0, 0.1) is 24.1 Å². The van der Waals surface area contributed by atoms with Gasteiger partial charge in [-0.1, -0.05) is 35.9 Å². The average Bonchev–Trinajstić information content (AvgIpc) is 2.44. The number of aryl methyl sites for hydroxylation is 1. The van der Waals surface area contributed by atoms with Gasteiger partial charge in [0.05, 0.1) is 11.6 Å². The Kier molecular flexibility index (Phi) is 4.16. The second-order valence-electron chi connectivity index (χ2n) is 4.41. The first-order chi connectivity index (χ1) is 9.54. The third-order valence-electron chi connectivity index (χ3n) is 3.05. The Labute approximate surface area is 121 Å². The van der Waals surface area contributed by atoms with E-state index in [4.69, 9.17) is 11.6 Å². The van der Waals surface area contributed by atoms with Gasteiger partial charge >= 0.3 is 0 Å². The van der Waals surface area contributed by atoms with E-state index in [0.29, 0.717) is 16.1 Å². The number of benzene rings is 2. The van der Waals surface area contributed by atoms with Crippen LogP contribution in [0.15, 0.2) is 42.5 Å². The zero-order chi connectivity index (χ0) is 14.7. The molecule has 0 radical (unpaired) electrons. The molecule has 0 saturated carbocycles. The van der Waals surface area contributed by atoms with E-state index in [-0.39, 0.29) is 5.56 Å². The molecule has 0 aliphatic rings. The Morgan fingerprint density at radius 2 is 1.90 bits per heavy atom. The first kappa shape index (κ1) is 14.2. The van der Waals surface area contributed by atoms with Gasteiger partial charge in [-0.3, -0.25) is 4.79 Å². The minimum atomic E-state index is -1.04. The molecule has 1 atom stereocenters. The molecule has 2 aromatic carbocycles. The molecule has 100 valence electrons. The highest BCUT2D eigenvalue weighted by molar-refractivity contribution is 6.30. The molecule has 0 aromatic heterocycles. The number of rotatable bonds is 3. The maximum Gasteiger partial charge on any atom is 0.187 e. The van der Waals surface area contributed by atoms with Crippen LogP contribution in [0.3, 0.4) is 0 Å². The molecule has 2 rings (SSSR count). The Bertz CT molecular complexity index is 689. The lowest BCUT2D eigenvalue weighted by Crippen LogP contribution is -2.13. The molecule has 0 fully saturated rings. The maximum atomic E-state index is 14.0. The van der Waals surface area contributed by atoms with Gasteiger partial charge in [0.15, 0.2) is 5.78 Å². The molecule has 0 aliphatic heterocycles. The summed E-state index contributed by atoms with van der Waals surface area (Å²) in [6.45, 7) is 1.58. The van der Waals surface area contributed by atoms with Crippen LogP contribution in [0.25, 0.3) is 0 Å². The summed E-state index contributed by atoms with van der Waals surface area (Å²) in [7, 11) is 0. The van der Waals surface area contributed by atoms with Gasteiger partial charge in [-0.05, 0) is 36.2 Å². The van der Waals surface area contributed by atoms with Crippen molar-refractivity contribution in [2.75, 3.05) is 0 Å². The number of carbonyl (C=O) groups excluding carboxylic acids is 1. The quantitative estimate of drug-likeness (QED) is 0.791. The molecule has 0 aliphatic carbocycles. The number of nitrogens with zero attached hydrogens (tertiary/aromatic N) is 1. The monoisotopic (exact) mass is 287 g/mol. The lowest BCUT2D eigenvalue weighted by atomic mass is 9.91. The number of carbonyl (C=O) groups is 1. The molecule has 0 amide bonds. The van der Waals surface area contributed by atoms with Crippen LogP contribution in [0.2, 0.25) is 5.02 Å². The topological polar surface area (TPSA) is 40.9 Å². The van der Waals surface area contributed by atoms with Crippen LogP contribution in [-0.4, -0.2) is 5.78 Å². The van der Waals surface area contributed by atoms with Crippen LogP contribution in [0.4, 0.5) is 4.39 Å². The summed E-state index contributed by atoms with van der Waals surface area (Å²) in [5, 5.41) is 9.73. The van der Waals surface area contributed by atoms with E-state index >= 15 is 0 Å². The number of hydrogen-bond donors (Lipinski definition) is 0. The van der Waals surface area contributed by atoms with E-state index in [0.717, 1.165) is 0 Å². The average molecular weight is 288 g/mol. The molecular weight excluding hydrogens is 277 g/mol. The lowest BCUT2D eigenvalue weighted by molar-refractivity contribution is 0.0975. The SMILES string of the molecule is Cc1cccc(C(=O)C(C#N)c2ccc(Cl)cc2)c1F. The van der Waals surface area contributed by atoms with E-state index in [1.807, 2.05) is 6.07 Å². The second-order valence-corrected chi connectivity index (χ2v) is 4.85. The normalized spacial score (nSPS) is 11.7. The Balaban J connectivity index is 2.42. The van der Waals surface area contributed by atoms with Gasteiger partial charge in [0.2, 0.25) is 0 Å². The highest BCUT2D eigenvalue weighted by Gasteiger charge is 2.24. The molecule has 0 spiro atoms. The van der Waals surface area contributed by atoms with Crippen LogP contribution in [-0.2, 0) is 0 Å². The van der Waals surface area contributed by atoms with Crippen molar-refractivity contribution >= 4 is 17.4 Å². The van der Waals surface area contributed by atoms with Gasteiger partial charge in [0, 0.05) is 5.02 Å². The minimum absolute atomic E-state index is 0.0634. The number of halogens is 2. The third kappa shape index (κ3) is 2.71. The summed E-state index contributed by atoms with van der Waals surface area (Å²) in [4.78, 5) is 12.3. The number of Topliss-reactive ketones (excluding diaryl/α,β-unsaturated/α-hetero) is 1. The van der Waals surface area contributed by atoms with Crippen LogP contribution in [0.5, 0.6) is 0 Å². The number of hydrogen-bond acceptors (Lipinski definition) is 2. The first-order valence-electron chi connectivity index (χ1n) is 5.99. The largest absolute Gasteiger partial charge is 0.292 e. The van der Waals surface area contributed by atoms with Gasteiger partial charge < -0.3 is 0 Å². The summed E-state index contributed by atoms with van der Waals surface area (Å²) in [5.74, 6) is -2.16. The molecule has 0 bridgehead atoms. The second kappa shape index (κ2) is 5.85. The minimum Gasteiger partial charge on any atom is -0.292 e. The van der Waals surface area contributed by atoms with E-state index in [9.17, 15) is 14.4 Å². The van der Waals surface area contributed by atoms with Crippen molar-refractivity contribution in [3.8, 4) is 6.07 Å². The van der Waals surface area contributed by atoms with Crippen molar-refractivity contribution in [3.63, 3.8) is 0 Å². The van der Waals surface area contributed by atoms with Crippen molar-refractivity contribution in [2.24, 2.45) is 0 Å². The molecule has 1 unspecified atom stereocenters. The van der Waals surface area contributed by atoms with Crippen molar-refractivity contribution < 1.29 is 9.18 Å². The summed E-state index contributed by atoms with van der Waals surface area (Å²) in [6.07, 6.45) is 0. The van der Waals surface area contributed by atoms with Crippen molar-refractivity contribution in [1.82, 2.24) is 0 Å². The molecular formula is C16H11ClFNO. The molecule has 0 saturated heterocycles. The van der Waals surface area contributed by atoms with E-state index in [2.05, 4.69) is 0 Å². The molecule has 2 nitrogen and oxygen atoms in total. The van der Waals surface area contributed by atoms with Crippen LogP contribution >= 0.6 is 11.6 Å². The molecule has 20 heavy (non-hydrogen) atoms. The fraction of sp³-hybridized carbons (Fsp3) is 0.125. The third-order valence-corrected chi connectivity index (χ3v) is 3.30. The van der Waals surface area contributed by atoms with Gasteiger partial charge in [-0.15, -0.1) is 0 Å². The Morgan fingerprint density at radius 1 is 1.25 bits per heavy atom. The smallest absolute Gasteiger partial charge is 0.187 e. The van der Waals surface area contributed by atoms with E-state index in [1.165, 1.54) is 6.07 Å². The van der Waals surface area contributed by atoms with E-state index < -0.39 is 17.5 Å².